The van der Waals surface area contributed by atoms with Crippen LogP contribution in [0.15, 0.2) is 42.5 Å². The molecule has 0 unspecified atom stereocenters. The number of amides is 1. The molecular weight excluding hydrogens is 415 g/mol. The minimum Gasteiger partial charge on any atom is -0.507 e. The summed E-state index contributed by atoms with van der Waals surface area (Å²) in [6.07, 6.45) is 0.517. The van der Waals surface area contributed by atoms with Crippen LogP contribution in [0.4, 0.5) is 4.39 Å². The van der Waals surface area contributed by atoms with Crippen molar-refractivity contribution in [1.82, 2.24) is 9.62 Å². The molecule has 1 fully saturated rings. The summed E-state index contributed by atoms with van der Waals surface area (Å²) >= 11 is 0. The van der Waals surface area contributed by atoms with Gasteiger partial charge in [0, 0.05) is 25.0 Å². The van der Waals surface area contributed by atoms with Crippen LogP contribution in [-0.2, 0) is 15.7 Å². The van der Waals surface area contributed by atoms with E-state index in [2.05, 4.69) is 5.32 Å². The van der Waals surface area contributed by atoms with Crippen molar-refractivity contribution in [2.75, 3.05) is 26.7 Å². The predicted molar refractivity (Wildman–Crippen MR) is 107 cm³/mol. The van der Waals surface area contributed by atoms with Crippen molar-refractivity contribution in [1.29, 1.82) is 0 Å². The minimum atomic E-state index is -4.33. The summed E-state index contributed by atoms with van der Waals surface area (Å²) in [6.45, 7) is 0.113. The van der Waals surface area contributed by atoms with Crippen LogP contribution in [-0.4, -0.2) is 55.0 Å². The molecule has 1 amide bonds. The summed E-state index contributed by atoms with van der Waals surface area (Å²) < 4.78 is 52.2. The molecule has 0 aliphatic carbocycles. The maximum absolute atomic E-state index is 13.9. The van der Waals surface area contributed by atoms with E-state index in [-0.39, 0.29) is 49.5 Å². The number of benzene rings is 2. The van der Waals surface area contributed by atoms with Gasteiger partial charge in [-0.2, -0.15) is 12.7 Å². The highest BCUT2D eigenvalue weighted by Gasteiger charge is 2.39. The third-order valence-corrected chi connectivity index (χ3v) is 6.50. The van der Waals surface area contributed by atoms with E-state index in [0.717, 1.165) is 4.31 Å². The Bertz CT molecular complexity index is 1040. The molecule has 1 saturated heterocycles. The van der Waals surface area contributed by atoms with Gasteiger partial charge in [0.1, 0.15) is 22.9 Å². The summed E-state index contributed by atoms with van der Waals surface area (Å²) in [5.74, 6) is -1.06. The minimum absolute atomic E-state index is 0.0190. The number of nitrogens with one attached hydrogen (secondary N) is 1. The highest BCUT2D eigenvalue weighted by Crippen LogP contribution is 2.36. The molecule has 1 heterocycles. The fourth-order valence-electron chi connectivity index (χ4n) is 3.79. The molecular formula is C20H23FN2O6S. The second-order valence-corrected chi connectivity index (χ2v) is 8.62. The Balaban J connectivity index is 1.87. The summed E-state index contributed by atoms with van der Waals surface area (Å²) in [7, 11) is -2.95. The molecule has 1 aliphatic heterocycles. The first-order chi connectivity index (χ1) is 14.2. The van der Waals surface area contributed by atoms with Gasteiger partial charge >= 0.3 is 10.3 Å². The molecule has 8 nitrogen and oxygen atoms in total. The third kappa shape index (κ3) is 4.55. The lowest BCUT2D eigenvalue weighted by Crippen LogP contribution is -2.50. The van der Waals surface area contributed by atoms with E-state index in [4.69, 9.17) is 4.74 Å². The monoisotopic (exact) mass is 438 g/mol. The Morgan fingerprint density at radius 3 is 2.50 bits per heavy atom. The van der Waals surface area contributed by atoms with E-state index in [1.807, 2.05) is 0 Å². The van der Waals surface area contributed by atoms with Crippen molar-refractivity contribution in [3.8, 4) is 11.5 Å². The molecule has 2 aromatic carbocycles. The van der Waals surface area contributed by atoms with Crippen LogP contribution in [0, 0.1) is 5.82 Å². The standard InChI is InChI=1S/C20H23FN2O6S/c1-29-17-7-3-6-16(24)18(17)19(25)22-13-20(14-4-2-5-15(21)12-14)8-10-23(11-9-20)30(26,27)28/h2-7,12,24H,8-11,13H2,1H3,(H,22,25)(H,26,27,28). The number of piperidine rings is 1. The molecule has 3 N–H and O–H groups in total. The highest BCUT2D eigenvalue weighted by atomic mass is 32.2. The number of hydrogen-bond donors (Lipinski definition) is 3. The Labute approximate surface area is 174 Å². The lowest BCUT2D eigenvalue weighted by molar-refractivity contribution is 0.0926. The zero-order chi connectivity index (χ0) is 21.9. The number of halogens is 1. The van der Waals surface area contributed by atoms with E-state index < -0.39 is 27.4 Å². The SMILES string of the molecule is COc1cccc(O)c1C(=O)NCC1(c2cccc(F)c2)CCN(S(=O)(=O)O)CC1. The van der Waals surface area contributed by atoms with Crippen LogP contribution < -0.4 is 10.1 Å². The summed E-state index contributed by atoms with van der Waals surface area (Å²) in [5, 5.41) is 12.8. The molecule has 0 bridgehead atoms. The topological polar surface area (TPSA) is 116 Å². The Morgan fingerprint density at radius 1 is 1.23 bits per heavy atom. The van der Waals surface area contributed by atoms with E-state index in [0.29, 0.717) is 5.56 Å². The number of hydrogen-bond acceptors (Lipinski definition) is 5. The van der Waals surface area contributed by atoms with E-state index >= 15 is 0 Å². The van der Waals surface area contributed by atoms with Gasteiger partial charge in [0.05, 0.1) is 7.11 Å². The van der Waals surface area contributed by atoms with Gasteiger partial charge in [0.15, 0.2) is 0 Å². The number of nitrogens with zero attached hydrogens (tertiary/aromatic N) is 1. The second-order valence-electron chi connectivity index (χ2n) is 7.20. The highest BCUT2D eigenvalue weighted by molar-refractivity contribution is 7.83. The first-order valence-corrected chi connectivity index (χ1v) is 10.7. The molecule has 10 heteroatoms. The molecule has 0 saturated carbocycles. The number of phenols is 1. The van der Waals surface area contributed by atoms with Crippen molar-refractivity contribution in [3.63, 3.8) is 0 Å². The van der Waals surface area contributed by atoms with Crippen molar-refractivity contribution in [2.45, 2.75) is 18.3 Å². The summed E-state index contributed by atoms with van der Waals surface area (Å²) in [6, 6.07) is 10.4. The molecule has 0 atom stereocenters. The summed E-state index contributed by atoms with van der Waals surface area (Å²) in [4.78, 5) is 12.8. The van der Waals surface area contributed by atoms with Gasteiger partial charge in [-0.05, 0) is 42.7 Å². The average Bonchev–Trinajstić information content (AvgIpc) is 2.71. The van der Waals surface area contributed by atoms with Crippen LogP contribution in [0.2, 0.25) is 0 Å². The smallest absolute Gasteiger partial charge is 0.335 e. The van der Waals surface area contributed by atoms with Gasteiger partial charge < -0.3 is 15.2 Å². The zero-order valence-corrected chi connectivity index (χ0v) is 17.2. The van der Waals surface area contributed by atoms with Crippen LogP contribution in [0.3, 0.4) is 0 Å². The number of aromatic hydroxyl groups is 1. The maximum atomic E-state index is 13.9. The number of carbonyl (C=O) groups is 1. The van der Waals surface area contributed by atoms with Crippen LogP contribution in [0.25, 0.3) is 0 Å². The largest absolute Gasteiger partial charge is 0.507 e. The van der Waals surface area contributed by atoms with E-state index in [1.54, 1.807) is 24.3 Å². The van der Waals surface area contributed by atoms with Gasteiger partial charge in [0.25, 0.3) is 5.91 Å². The Kier molecular flexibility index (Phi) is 6.30. The quantitative estimate of drug-likeness (QED) is 0.595. The number of ether oxygens (including phenoxy) is 1. The van der Waals surface area contributed by atoms with Crippen LogP contribution in [0.1, 0.15) is 28.8 Å². The van der Waals surface area contributed by atoms with Gasteiger partial charge in [-0.25, -0.2) is 4.39 Å². The van der Waals surface area contributed by atoms with Gasteiger partial charge in [-0.3, -0.25) is 9.35 Å². The average molecular weight is 438 g/mol. The van der Waals surface area contributed by atoms with E-state index in [9.17, 15) is 27.3 Å². The van der Waals surface area contributed by atoms with Crippen molar-refractivity contribution < 1.29 is 32.0 Å². The predicted octanol–water partition coefficient (Wildman–Crippen LogP) is 2.11. The Morgan fingerprint density at radius 2 is 1.90 bits per heavy atom. The fourth-order valence-corrected chi connectivity index (χ4v) is 4.43. The Hall–Kier alpha value is -2.69. The molecule has 3 rings (SSSR count). The normalized spacial score (nSPS) is 16.8. The lowest BCUT2D eigenvalue weighted by atomic mass is 9.73. The van der Waals surface area contributed by atoms with Gasteiger partial charge in [-0.15, -0.1) is 0 Å². The van der Waals surface area contributed by atoms with Crippen LogP contribution in [0.5, 0.6) is 11.5 Å². The summed E-state index contributed by atoms with van der Waals surface area (Å²) in [5.41, 5.74) is -0.164. The number of carbonyl (C=O) groups excluding carboxylic acids is 1. The second kappa shape index (κ2) is 8.58. The molecule has 1 aliphatic rings. The van der Waals surface area contributed by atoms with Gasteiger partial charge in [0.2, 0.25) is 0 Å². The first-order valence-electron chi connectivity index (χ1n) is 9.29. The van der Waals surface area contributed by atoms with Crippen LogP contribution >= 0.6 is 0 Å². The fraction of sp³-hybridized carbons (Fsp3) is 0.350. The molecule has 0 spiro atoms. The number of phenolic OH excluding ortho intramolecular Hbond substituents is 1. The molecule has 30 heavy (non-hydrogen) atoms. The maximum Gasteiger partial charge on any atom is 0.335 e. The molecule has 2 aromatic rings. The van der Waals surface area contributed by atoms with Crippen molar-refractivity contribution >= 4 is 16.2 Å². The first kappa shape index (κ1) is 22.0. The molecule has 0 radical (unpaired) electrons. The third-order valence-electron chi connectivity index (χ3n) is 5.48. The van der Waals surface area contributed by atoms with Crippen molar-refractivity contribution in [3.05, 3.63) is 59.4 Å². The lowest BCUT2D eigenvalue weighted by Gasteiger charge is -2.41. The van der Waals surface area contributed by atoms with Gasteiger partial charge in [-0.1, -0.05) is 18.2 Å². The number of rotatable bonds is 6. The molecule has 0 aromatic heterocycles. The van der Waals surface area contributed by atoms with E-state index in [1.165, 1.54) is 25.3 Å². The number of methoxy groups -OCH3 is 1. The zero-order valence-electron chi connectivity index (χ0n) is 16.3. The molecule has 162 valence electrons. The van der Waals surface area contributed by atoms with Crippen molar-refractivity contribution in [2.24, 2.45) is 0 Å².